The van der Waals surface area contributed by atoms with Crippen molar-refractivity contribution in [3.8, 4) is 11.5 Å². The van der Waals surface area contributed by atoms with E-state index in [2.05, 4.69) is 19.2 Å². The van der Waals surface area contributed by atoms with Gasteiger partial charge in [-0.3, -0.25) is 10.2 Å². The highest BCUT2D eigenvalue weighted by atomic mass is 32.2. The second-order valence-corrected chi connectivity index (χ2v) is 11.8. The summed E-state index contributed by atoms with van der Waals surface area (Å²) in [5, 5.41) is 11.4. The van der Waals surface area contributed by atoms with E-state index < -0.39 is 15.6 Å². The van der Waals surface area contributed by atoms with Crippen LogP contribution in [0.2, 0.25) is 0 Å². The summed E-state index contributed by atoms with van der Waals surface area (Å²) in [5.74, 6) is 1.74. The van der Waals surface area contributed by atoms with Crippen molar-refractivity contribution in [1.29, 1.82) is 5.41 Å². The van der Waals surface area contributed by atoms with E-state index in [9.17, 15) is 13.2 Å². The standard InChI is InChI=1S/C25H37N3O5S/c1-17(2)16-25(3)23(29)13-19(14-24(26)27-25)12-18-8-10-28(11-9-18)34(30,31)22-15-20(32-4)6-7-21(22)33-5/h6-7,14-15,17-18H,8-13,16H2,1-5H3,(H2,26,27). The van der Waals surface area contributed by atoms with Crippen LogP contribution in [0.1, 0.15) is 52.9 Å². The SMILES string of the molecule is COc1ccc(OC)c(S(=O)(=O)N2CCC(CC3=CC(=N)NC(C)(CC(C)C)C(=O)C3)CC2)c1. The summed E-state index contributed by atoms with van der Waals surface area (Å²) < 4.78 is 38.6. The molecule has 2 N–H and O–H groups in total. The second-order valence-electron chi connectivity index (χ2n) is 9.94. The topological polar surface area (TPSA) is 109 Å². The number of Topliss-reactive ketones (excluding diaryl/α,β-unsaturated/α-hetero) is 1. The van der Waals surface area contributed by atoms with Gasteiger partial charge in [-0.2, -0.15) is 4.31 Å². The number of hydrogen-bond donors (Lipinski definition) is 2. The molecule has 34 heavy (non-hydrogen) atoms. The molecule has 1 aromatic rings. The zero-order chi connectivity index (χ0) is 25.1. The van der Waals surface area contributed by atoms with Crippen LogP contribution < -0.4 is 14.8 Å². The summed E-state index contributed by atoms with van der Waals surface area (Å²) in [4.78, 5) is 13.1. The molecule has 0 aromatic heterocycles. The quantitative estimate of drug-likeness (QED) is 0.573. The van der Waals surface area contributed by atoms with Gasteiger partial charge in [0.1, 0.15) is 22.2 Å². The van der Waals surface area contributed by atoms with E-state index in [-0.39, 0.29) is 22.4 Å². The van der Waals surface area contributed by atoms with Crippen LogP contribution >= 0.6 is 0 Å². The maximum atomic E-state index is 13.3. The summed E-state index contributed by atoms with van der Waals surface area (Å²) in [5.41, 5.74) is 0.224. The lowest BCUT2D eigenvalue weighted by atomic mass is 9.83. The van der Waals surface area contributed by atoms with Crippen molar-refractivity contribution in [1.82, 2.24) is 9.62 Å². The van der Waals surface area contributed by atoms with Gasteiger partial charge in [0.15, 0.2) is 5.78 Å². The molecule has 2 aliphatic heterocycles. The van der Waals surface area contributed by atoms with E-state index in [4.69, 9.17) is 14.9 Å². The summed E-state index contributed by atoms with van der Waals surface area (Å²) >= 11 is 0. The minimum absolute atomic E-state index is 0.105. The number of methoxy groups -OCH3 is 2. The second kappa shape index (κ2) is 10.5. The van der Waals surface area contributed by atoms with E-state index in [0.717, 1.165) is 5.57 Å². The molecular weight excluding hydrogens is 454 g/mol. The predicted molar refractivity (Wildman–Crippen MR) is 132 cm³/mol. The number of ether oxygens (including phenoxy) is 2. The Balaban J connectivity index is 1.66. The predicted octanol–water partition coefficient (Wildman–Crippen LogP) is 3.77. The minimum atomic E-state index is -3.73. The van der Waals surface area contributed by atoms with E-state index in [1.54, 1.807) is 18.2 Å². The van der Waals surface area contributed by atoms with Crippen LogP contribution in [-0.4, -0.2) is 57.2 Å². The molecule has 0 amide bonds. The third-order valence-electron chi connectivity index (χ3n) is 6.69. The number of sulfonamides is 1. The molecule has 8 nitrogen and oxygen atoms in total. The van der Waals surface area contributed by atoms with Crippen molar-refractivity contribution in [2.75, 3.05) is 27.3 Å². The maximum Gasteiger partial charge on any atom is 0.246 e. The van der Waals surface area contributed by atoms with Crippen molar-refractivity contribution in [2.45, 2.75) is 63.3 Å². The monoisotopic (exact) mass is 491 g/mol. The molecule has 0 bridgehead atoms. The number of allylic oxidation sites excluding steroid dienone is 1. The van der Waals surface area contributed by atoms with Gasteiger partial charge in [0, 0.05) is 25.6 Å². The van der Waals surface area contributed by atoms with Crippen LogP contribution in [0.15, 0.2) is 34.7 Å². The first-order valence-electron chi connectivity index (χ1n) is 11.8. The summed E-state index contributed by atoms with van der Waals surface area (Å²) in [6.45, 7) is 6.83. The Kier molecular flexibility index (Phi) is 8.08. The van der Waals surface area contributed by atoms with Gasteiger partial charge < -0.3 is 14.8 Å². The van der Waals surface area contributed by atoms with Crippen molar-refractivity contribution in [3.05, 3.63) is 29.8 Å². The number of amidine groups is 1. The molecule has 1 unspecified atom stereocenters. The third kappa shape index (κ3) is 5.81. The molecule has 0 spiro atoms. The average Bonchev–Trinajstić information content (AvgIpc) is 2.87. The lowest BCUT2D eigenvalue weighted by Gasteiger charge is -2.32. The van der Waals surface area contributed by atoms with Gasteiger partial charge in [0.05, 0.1) is 19.8 Å². The fraction of sp³-hybridized carbons (Fsp3) is 0.600. The van der Waals surface area contributed by atoms with Crippen LogP contribution in [0.4, 0.5) is 0 Å². The number of hydrogen-bond acceptors (Lipinski definition) is 6. The molecule has 0 radical (unpaired) electrons. The summed E-state index contributed by atoms with van der Waals surface area (Å²) in [6.07, 6.45) is 4.89. The van der Waals surface area contributed by atoms with Crippen molar-refractivity contribution < 1.29 is 22.7 Å². The molecule has 1 fully saturated rings. The number of nitrogens with zero attached hydrogens (tertiary/aromatic N) is 1. The Morgan fingerprint density at radius 3 is 2.47 bits per heavy atom. The smallest absolute Gasteiger partial charge is 0.246 e. The van der Waals surface area contributed by atoms with Crippen LogP contribution in [0.25, 0.3) is 0 Å². The molecule has 0 saturated carbocycles. The molecular formula is C25H37N3O5S. The number of rotatable bonds is 8. The first-order chi connectivity index (χ1) is 16.0. The van der Waals surface area contributed by atoms with Gasteiger partial charge in [0.25, 0.3) is 0 Å². The molecule has 0 aliphatic carbocycles. The Morgan fingerprint density at radius 2 is 1.88 bits per heavy atom. The van der Waals surface area contributed by atoms with Crippen LogP contribution in [0.3, 0.4) is 0 Å². The first-order valence-corrected chi connectivity index (χ1v) is 13.2. The molecule has 188 valence electrons. The van der Waals surface area contributed by atoms with Crippen molar-refractivity contribution in [3.63, 3.8) is 0 Å². The lowest BCUT2D eigenvalue weighted by Crippen LogP contribution is -2.51. The van der Waals surface area contributed by atoms with E-state index in [1.807, 2.05) is 6.92 Å². The van der Waals surface area contributed by atoms with Crippen molar-refractivity contribution >= 4 is 21.6 Å². The Hall–Kier alpha value is -2.39. The van der Waals surface area contributed by atoms with Crippen LogP contribution in [0.5, 0.6) is 11.5 Å². The van der Waals surface area contributed by atoms with Gasteiger partial charge >= 0.3 is 0 Å². The lowest BCUT2D eigenvalue weighted by molar-refractivity contribution is -0.124. The number of nitrogens with one attached hydrogen (secondary N) is 2. The van der Waals surface area contributed by atoms with E-state index >= 15 is 0 Å². The van der Waals surface area contributed by atoms with Crippen molar-refractivity contribution in [2.24, 2.45) is 11.8 Å². The zero-order valence-corrected chi connectivity index (χ0v) is 21.6. The zero-order valence-electron chi connectivity index (χ0n) is 20.8. The van der Waals surface area contributed by atoms with Gasteiger partial charge in [0.2, 0.25) is 10.0 Å². The molecule has 1 aromatic carbocycles. The normalized spacial score (nSPS) is 22.8. The van der Waals surface area contributed by atoms with Gasteiger partial charge in [-0.15, -0.1) is 0 Å². The summed E-state index contributed by atoms with van der Waals surface area (Å²) in [6, 6.07) is 4.77. The molecule has 2 aliphatic rings. The minimum Gasteiger partial charge on any atom is -0.497 e. The molecule has 2 heterocycles. The summed E-state index contributed by atoms with van der Waals surface area (Å²) in [7, 11) is -0.780. The number of ketones is 1. The Labute approximate surface area is 203 Å². The molecule has 9 heteroatoms. The first kappa shape index (κ1) is 26.2. The van der Waals surface area contributed by atoms with E-state index in [0.29, 0.717) is 62.6 Å². The number of carbonyl (C=O) groups is 1. The van der Waals surface area contributed by atoms with Crippen LogP contribution in [-0.2, 0) is 14.8 Å². The van der Waals surface area contributed by atoms with Crippen LogP contribution in [0, 0.1) is 17.2 Å². The number of carbonyl (C=O) groups excluding carboxylic acids is 1. The molecule has 1 saturated heterocycles. The number of piperidine rings is 1. The molecule has 3 rings (SSSR count). The fourth-order valence-electron chi connectivity index (χ4n) is 5.02. The third-order valence-corrected chi connectivity index (χ3v) is 8.61. The highest BCUT2D eigenvalue weighted by Crippen LogP contribution is 2.34. The molecule has 1 atom stereocenters. The Morgan fingerprint density at radius 1 is 1.21 bits per heavy atom. The maximum absolute atomic E-state index is 13.3. The largest absolute Gasteiger partial charge is 0.497 e. The van der Waals surface area contributed by atoms with E-state index in [1.165, 1.54) is 24.6 Å². The average molecular weight is 492 g/mol. The fourth-order valence-corrected chi connectivity index (χ4v) is 6.66. The number of benzene rings is 1. The Bertz CT molecular complexity index is 1060. The van der Waals surface area contributed by atoms with Gasteiger partial charge in [-0.05, 0) is 62.7 Å². The highest BCUT2D eigenvalue weighted by molar-refractivity contribution is 7.89. The van der Waals surface area contributed by atoms with Gasteiger partial charge in [-0.1, -0.05) is 19.4 Å². The highest BCUT2D eigenvalue weighted by Gasteiger charge is 2.37. The van der Waals surface area contributed by atoms with Gasteiger partial charge in [-0.25, -0.2) is 8.42 Å².